The SMILES string of the molecule is CCCCCCCCCC/C=C\CCCCCCCCCCCCCCCCCCCC(=O)NC(COC1OC(CO)C(OC2OC(CO)C(O)C(O)C2O)C(O)C1O)C(O)/C=C/CCCCCCCCCCCCCCCCCCC. The molecule has 14 nitrogen and oxygen atoms in total. The zero-order valence-corrected chi connectivity index (χ0v) is 52.5. The summed E-state index contributed by atoms with van der Waals surface area (Å²) in [5, 5.41) is 87.4. The van der Waals surface area contributed by atoms with Gasteiger partial charge >= 0.3 is 0 Å². The molecule has 0 saturated carbocycles. The van der Waals surface area contributed by atoms with Crippen molar-refractivity contribution in [2.75, 3.05) is 19.8 Å². The van der Waals surface area contributed by atoms with Crippen LogP contribution in [0.4, 0.5) is 0 Å². The normalized spacial score (nSPS) is 24.0. The molecule has 0 bridgehead atoms. The fourth-order valence-corrected chi connectivity index (χ4v) is 11.6. The van der Waals surface area contributed by atoms with Crippen LogP contribution in [0.3, 0.4) is 0 Å². The van der Waals surface area contributed by atoms with E-state index in [0.717, 1.165) is 38.5 Å². The molecule has 2 heterocycles. The fourth-order valence-electron chi connectivity index (χ4n) is 11.6. The van der Waals surface area contributed by atoms with Crippen LogP contribution in [0.1, 0.15) is 309 Å². The Kier molecular flexibility index (Phi) is 50.1. The van der Waals surface area contributed by atoms with Gasteiger partial charge in [-0.1, -0.05) is 282 Å². The zero-order chi connectivity index (χ0) is 59.5. The summed E-state index contributed by atoms with van der Waals surface area (Å²) in [6.45, 7) is 2.84. The van der Waals surface area contributed by atoms with Crippen LogP contribution < -0.4 is 5.32 Å². The number of unbranched alkanes of at least 4 members (excludes halogenated alkanes) is 42. The summed E-state index contributed by atoms with van der Waals surface area (Å²) >= 11 is 0. The molecular formula is C68H129NO13. The van der Waals surface area contributed by atoms with E-state index in [9.17, 15) is 45.6 Å². The maximum absolute atomic E-state index is 13.3. The van der Waals surface area contributed by atoms with Crippen molar-refractivity contribution in [3.05, 3.63) is 24.3 Å². The van der Waals surface area contributed by atoms with Gasteiger partial charge in [0.05, 0.1) is 32.0 Å². The largest absolute Gasteiger partial charge is 0.394 e. The van der Waals surface area contributed by atoms with E-state index in [0.29, 0.717) is 6.42 Å². The van der Waals surface area contributed by atoms with Crippen LogP contribution >= 0.6 is 0 Å². The van der Waals surface area contributed by atoms with Gasteiger partial charge in [0, 0.05) is 6.42 Å². The van der Waals surface area contributed by atoms with Crippen molar-refractivity contribution < 1.29 is 64.6 Å². The van der Waals surface area contributed by atoms with E-state index in [2.05, 4.69) is 31.3 Å². The predicted molar refractivity (Wildman–Crippen MR) is 332 cm³/mol. The molecule has 0 aromatic heterocycles. The average Bonchev–Trinajstić information content (AvgIpc) is 3.65. The first-order valence-corrected chi connectivity index (χ1v) is 34.6. The second kappa shape index (κ2) is 53.7. The minimum Gasteiger partial charge on any atom is -0.394 e. The van der Waals surface area contributed by atoms with Crippen LogP contribution in [0.25, 0.3) is 0 Å². The van der Waals surface area contributed by atoms with Gasteiger partial charge in [0.1, 0.15) is 48.8 Å². The van der Waals surface area contributed by atoms with E-state index >= 15 is 0 Å². The summed E-state index contributed by atoms with van der Waals surface area (Å²) < 4.78 is 22.8. The van der Waals surface area contributed by atoms with Crippen molar-refractivity contribution >= 4 is 5.91 Å². The van der Waals surface area contributed by atoms with Crippen molar-refractivity contribution in [1.29, 1.82) is 0 Å². The molecule has 82 heavy (non-hydrogen) atoms. The van der Waals surface area contributed by atoms with Crippen molar-refractivity contribution in [3.63, 3.8) is 0 Å². The Hall–Kier alpha value is -1.53. The van der Waals surface area contributed by atoms with E-state index in [4.69, 9.17) is 18.9 Å². The van der Waals surface area contributed by atoms with Crippen LogP contribution in [-0.2, 0) is 23.7 Å². The molecule has 0 radical (unpaired) electrons. The molecule has 2 fully saturated rings. The lowest BCUT2D eigenvalue weighted by molar-refractivity contribution is -0.359. The standard InChI is InChI=1S/C68H129NO13/c1-3-5-7-9-11-13-15-17-19-21-23-24-25-26-27-28-29-30-31-32-34-36-38-40-42-44-46-48-50-52-60(73)69-56(57(72)51-49-47-45-43-41-39-37-35-33-22-20-18-16-14-12-10-8-6-4-2)55-79-67-65(78)63(76)66(59(54-71)81-67)82-68-64(77)62(75)61(74)58(53-70)80-68/h21,23,49,51,56-59,61-68,70-72,74-78H,3-20,22,24-48,50,52-55H2,1-2H3,(H,69,73)/b23-21-,51-49+. The molecular weight excluding hydrogens is 1040 g/mol. The Morgan fingerprint density at radius 1 is 0.427 bits per heavy atom. The molecule has 14 heteroatoms. The lowest BCUT2D eigenvalue weighted by Gasteiger charge is -2.46. The van der Waals surface area contributed by atoms with E-state index in [-0.39, 0.29) is 18.9 Å². The highest BCUT2D eigenvalue weighted by Gasteiger charge is 2.51. The van der Waals surface area contributed by atoms with Crippen molar-refractivity contribution in [1.82, 2.24) is 5.32 Å². The van der Waals surface area contributed by atoms with Gasteiger partial charge in [0.25, 0.3) is 0 Å². The first-order chi connectivity index (χ1) is 40.1. The molecule has 12 atom stereocenters. The maximum Gasteiger partial charge on any atom is 0.220 e. The Labute approximate surface area is 500 Å². The number of amides is 1. The quantitative estimate of drug-likeness (QED) is 0.0204. The lowest BCUT2D eigenvalue weighted by Crippen LogP contribution is -2.65. The molecule has 2 aliphatic rings. The number of rotatable bonds is 57. The molecule has 484 valence electrons. The van der Waals surface area contributed by atoms with E-state index in [1.54, 1.807) is 6.08 Å². The summed E-state index contributed by atoms with van der Waals surface area (Å²) in [5.74, 6) is -0.233. The van der Waals surface area contributed by atoms with Crippen molar-refractivity contribution in [3.8, 4) is 0 Å². The Balaban J connectivity index is 1.67. The molecule has 2 saturated heterocycles. The predicted octanol–water partition coefficient (Wildman–Crippen LogP) is 13.6. The monoisotopic (exact) mass is 1170 g/mol. The third-order valence-corrected chi connectivity index (χ3v) is 17.1. The third-order valence-electron chi connectivity index (χ3n) is 17.1. The van der Waals surface area contributed by atoms with Crippen LogP contribution in [-0.4, -0.2) is 140 Å². The van der Waals surface area contributed by atoms with Crippen molar-refractivity contribution in [2.24, 2.45) is 0 Å². The summed E-state index contributed by atoms with van der Waals surface area (Å²) in [7, 11) is 0. The van der Waals surface area contributed by atoms with Crippen LogP contribution in [0, 0.1) is 0 Å². The second-order valence-corrected chi connectivity index (χ2v) is 24.7. The summed E-state index contributed by atoms with van der Waals surface area (Å²) in [5.41, 5.74) is 0. The van der Waals surface area contributed by atoms with Crippen LogP contribution in [0.2, 0.25) is 0 Å². The number of nitrogens with one attached hydrogen (secondary N) is 1. The van der Waals surface area contributed by atoms with E-state index in [1.165, 1.54) is 244 Å². The molecule has 0 aliphatic carbocycles. The highest BCUT2D eigenvalue weighted by Crippen LogP contribution is 2.30. The van der Waals surface area contributed by atoms with Gasteiger partial charge in [0.15, 0.2) is 12.6 Å². The molecule has 2 rings (SSSR count). The average molecular weight is 1170 g/mol. The minimum atomic E-state index is -1.79. The first-order valence-electron chi connectivity index (χ1n) is 34.6. The molecule has 0 aromatic carbocycles. The van der Waals surface area contributed by atoms with Crippen LogP contribution in [0.15, 0.2) is 24.3 Å². The van der Waals surface area contributed by atoms with Crippen molar-refractivity contribution in [2.45, 2.75) is 383 Å². The molecule has 2 aliphatic heterocycles. The summed E-state index contributed by atoms with van der Waals surface area (Å²) in [6.07, 6.45) is 49.4. The van der Waals surface area contributed by atoms with Gasteiger partial charge < -0.3 is 65.1 Å². The van der Waals surface area contributed by atoms with Gasteiger partial charge in [-0.3, -0.25) is 4.79 Å². The highest BCUT2D eigenvalue weighted by molar-refractivity contribution is 5.76. The number of aliphatic hydroxyl groups excluding tert-OH is 8. The Morgan fingerprint density at radius 2 is 0.768 bits per heavy atom. The summed E-state index contributed by atoms with van der Waals surface area (Å²) in [6, 6.07) is -0.912. The Morgan fingerprint density at radius 3 is 1.16 bits per heavy atom. The van der Waals surface area contributed by atoms with E-state index in [1.807, 2.05) is 6.08 Å². The molecule has 9 N–H and O–H groups in total. The van der Waals surface area contributed by atoms with Crippen LogP contribution in [0.5, 0.6) is 0 Å². The van der Waals surface area contributed by atoms with E-state index < -0.39 is 86.8 Å². The second-order valence-electron chi connectivity index (χ2n) is 24.7. The Bertz CT molecular complexity index is 1470. The van der Waals surface area contributed by atoms with Gasteiger partial charge in [-0.05, 0) is 44.9 Å². The summed E-state index contributed by atoms with van der Waals surface area (Å²) in [4.78, 5) is 13.3. The fraction of sp³-hybridized carbons (Fsp3) is 0.926. The van der Waals surface area contributed by atoms with Gasteiger partial charge in [0.2, 0.25) is 5.91 Å². The number of ether oxygens (including phenoxy) is 4. The molecule has 12 unspecified atom stereocenters. The van der Waals surface area contributed by atoms with Gasteiger partial charge in [-0.25, -0.2) is 0 Å². The number of carbonyl (C=O) groups is 1. The van der Waals surface area contributed by atoms with Gasteiger partial charge in [-0.15, -0.1) is 0 Å². The molecule has 0 spiro atoms. The lowest BCUT2D eigenvalue weighted by atomic mass is 9.97. The zero-order valence-electron chi connectivity index (χ0n) is 52.5. The number of allylic oxidation sites excluding steroid dienone is 3. The number of aliphatic hydroxyl groups is 8. The number of hydrogen-bond acceptors (Lipinski definition) is 13. The minimum absolute atomic E-state index is 0.233. The number of hydrogen-bond donors (Lipinski definition) is 9. The number of carbonyl (C=O) groups excluding carboxylic acids is 1. The van der Waals surface area contributed by atoms with Gasteiger partial charge in [-0.2, -0.15) is 0 Å². The smallest absolute Gasteiger partial charge is 0.220 e. The topological polar surface area (TPSA) is 228 Å². The molecule has 1 amide bonds. The highest BCUT2D eigenvalue weighted by atomic mass is 16.7. The maximum atomic E-state index is 13.3. The first kappa shape index (κ1) is 76.6. The molecule has 0 aromatic rings. The third kappa shape index (κ3) is 37.9.